The van der Waals surface area contributed by atoms with Crippen LogP contribution in [0.2, 0.25) is 10.0 Å². The molecule has 0 aromatic heterocycles. The number of sulfonamides is 1. The Balaban J connectivity index is 1.41. The van der Waals surface area contributed by atoms with Gasteiger partial charge in [-0.05, 0) is 55.0 Å². The van der Waals surface area contributed by atoms with Crippen molar-refractivity contribution >= 4 is 39.1 Å². The summed E-state index contributed by atoms with van der Waals surface area (Å²) < 4.78 is 41.0. The Hall–Kier alpha value is -2.49. The summed E-state index contributed by atoms with van der Waals surface area (Å²) in [7, 11) is -3.77. The van der Waals surface area contributed by atoms with Crippen LogP contribution in [0.25, 0.3) is 0 Å². The lowest BCUT2D eigenvalue weighted by atomic mass is 10.1. The zero-order valence-corrected chi connectivity index (χ0v) is 22.7. The average Bonchev–Trinajstić information content (AvgIpc) is 2.89. The van der Waals surface area contributed by atoms with Crippen molar-refractivity contribution in [3.8, 4) is 0 Å². The molecule has 0 aliphatic carbocycles. The highest BCUT2D eigenvalue weighted by Gasteiger charge is 2.30. The van der Waals surface area contributed by atoms with Crippen LogP contribution in [0, 0.1) is 12.7 Å². The SMILES string of the molecule is Cc1ccc(C(=O)N(CCN2CCN(S(=O)(=O)c3cc(Cl)ccc3Cl)CC2)Cc2ccc(F)cc2)cc1. The minimum absolute atomic E-state index is 0.00397. The van der Waals surface area contributed by atoms with E-state index in [9.17, 15) is 17.6 Å². The standard InChI is InChI=1S/C27H28Cl2FN3O3S/c1-20-2-6-22(7-3-20)27(34)32(19-21-4-9-24(30)10-5-21)15-12-31-13-16-33(17-14-31)37(35,36)26-18-23(28)8-11-25(26)29/h2-11,18H,12-17,19H2,1H3. The Morgan fingerprint density at radius 3 is 2.24 bits per heavy atom. The van der Waals surface area contributed by atoms with E-state index < -0.39 is 10.0 Å². The van der Waals surface area contributed by atoms with E-state index in [2.05, 4.69) is 4.90 Å². The Kier molecular flexibility index (Phi) is 8.87. The van der Waals surface area contributed by atoms with Crippen molar-refractivity contribution in [2.45, 2.75) is 18.4 Å². The molecule has 0 unspecified atom stereocenters. The Bertz CT molecular complexity index is 1340. The summed E-state index contributed by atoms with van der Waals surface area (Å²) in [6, 6.07) is 17.9. The van der Waals surface area contributed by atoms with Crippen LogP contribution in [0.3, 0.4) is 0 Å². The van der Waals surface area contributed by atoms with Crippen molar-refractivity contribution in [2.24, 2.45) is 0 Å². The number of halogens is 3. The van der Waals surface area contributed by atoms with Crippen LogP contribution >= 0.6 is 23.2 Å². The molecule has 0 bridgehead atoms. The van der Waals surface area contributed by atoms with E-state index >= 15 is 0 Å². The van der Waals surface area contributed by atoms with E-state index in [0.29, 0.717) is 56.4 Å². The summed E-state index contributed by atoms with van der Waals surface area (Å²) in [5.74, 6) is -0.437. The van der Waals surface area contributed by atoms with Gasteiger partial charge in [-0.15, -0.1) is 0 Å². The number of carbonyl (C=O) groups excluding carboxylic acids is 1. The van der Waals surface area contributed by atoms with Crippen molar-refractivity contribution in [1.29, 1.82) is 0 Å². The molecule has 0 radical (unpaired) electrons. The third-order valence-corrected chi connectivity index (χ3v) is 9.02. The molecule has 6 nitrogen and oxygen atoms in total. The highest BCUT2D eigenvalue weighted by molar-refractivity contribution is 7.89. The van der Waals surface area contributed by atoms with Gasteiger partial charge in [-0.2, -0.15) is 4.31 Å². The van der Waals surface area contributed by atoms with Gasteiger partial charge in [0.15, 0.2) is 0 Å². The molecule has 1 fully saturated rings. The minimum Gasteiger partial charge on any atom is -0.333 e. The molecule has 3 aromatic rings. The minimum atomic E-state index is -3.77. The molecule has 0 spiro atoms. The molecule has 1 saturated heterocycles. The highest BCUT2D eigenvalue weighted by Crippen LogP contribution is 2.28. The molecule has 1 amide bonds. The maximum absolute atomic E-state index is 13.4. The van der Waals surface area contributed by atoms with Gasteiger partial charge in [-0.25, -0.2) is 12.8 Å². The average molecular weight is 565 g/mol. The van der Waals surface area contributed by atoms with Crippen LogP contribution < -0.4 is 0 Å². The maximum atomic E-state index is 13.4. The molecular weight excluding hydrogens is 536 g/mol. The summed E-state index contributed by atoms with van der Waals surface area (Å²) in [6.45, 7) is 4.95. The third-order valence-electron chi connectivity index (χ3n) is 6.40. The van der Waals surface area contributed by atoms with E-state index in [-0.39, 0.29) is 21.6 Å². The molecular formula is C27H28Cl2FN3O3S. The fourth-order valence-corrected chi connectivity index (χ4v) is 6.37. The number of piperazine rings is 1. The monoisotopic (exact) mass is 563 g/mol. The Labute approximate surface area is 227 Å². The number of nitrogens with zero attached hydrogens (tertiary/aromatic N) is 3. The lowest BCUT2D eigenvalue weighted by Crippen LogP contribution is -2.50. The molecule has 0 atom stereocenters. The third kappa shape index (κ3) is 6.89. The lowest BCUT2D eigenvalue weighted by molar-refractivity contribution is 0.0710. The second kappa shape index (κ2) is 11.9. The van der Waals surface area contributed by atoms with Crippen molar-refractivity contribution in [3.63, 3.8) is 0 Å². The van der Waals surface area contributed by atoms with E-state index in [1.54, 1.807) is 35.2 Å². The van der Waals surface area contributed by atoms with Crippen molar-refractivity contribution in [1.82, 2.24) is 14.1 Å². The van der Waals surface area contributed by atoms with Crippen molar-refractivity contribution in [3.05, 3.63) is 99.3 Å². The Morgan fingerprint density at radius 2 is 1.59 bits per heavy atom. The second-order valence-electron chi connectivity index (χ2n) is 9.04. The largest absolute Gasteiger partial charge is 0.333 e. The smallest absolute Gasteiger partial charge is 0.254 e. The van der Waals surface area contributed by atoms with Gasteiger partial charge in [0, 0.05) is 56.4 Å². The predicted molar refractivity (Wildman–Crippen MR) is 144 cm³/mol. The number of benzene rings is 3. The van der Waals surface area contributed by atoms with E-state index in [4.69, 9.17) is 23.2 Å². The van der Waals surface area contributed by atoms with Gasteiger partial charge in [0.25, 0.3) is 5.91 Å². The number of hydrogen-bond donors (Lipinski definition) is 0. The Morgan fingerprint density at radius 1 is 0.946 bits per heavy atom. The summed E-state index contributed by atoms with van der Waals surface area (Å²) in [6.07, 6.45) is 0. The summed E-state index contributed by atoms with van der Waals surface area (Å²) in [5, 5.41) is 0.444. The number of aryl methyl sites for hydroxylation is 1. The maximum Gasteiger partial charge on any atom is 0.254 e. The molecule has 0 saturated carbocycles. The molecule has 1 aliphatic rings. The van der Waals surface area contributed by atoms with Crippen molar-refractivity contribution < 1.29 is 17.6 Å². The number of carbonyl (C=O) groups is 1. The zero-order chi connectivity index (χ0) is 26.6. The first-order valence-electron chi connectivity index (χ1n) is 11.9. The van der Waals surface area contributed by atoms with Crippen LogP contribution in [0.15, 0.2) is 71.6 Å². The number of hydrogen-bond acceptors (Lipinski definition) is 4. The molecule has 1 aliphatic heterocycles. The molecule has 3 aromatic carbocycles. The van der Waals surface area contributed by atoms with Gasteiger partial charge >= 0.3 is 0 Å². The van der Waals surface area contributed by atoms with Gasteiger partial charge in [-0.1, -0.05) is 53.0 Å². The molecule has 4 rings (SSSR count). The molecule has 10 heteroatoms. The predicted octanol–water partition coefficient (Wildman–Crippen LogP) is 5.09. The van der Waals surface area contributed by atoms with Crippen LogP contribution in [0.5, 0.6) is 0 Å². The van der Waals surface area contributed by atoms with Gasteiger partial charge in [0.2, 0.25) is 10.0 Å². The fraction of sp³-hybridized carbons (Fsp3) is 0.296. The van der Waals surface area contributed by atoms with E-state index in [1.807, 2.05) is 19.1 Å². The molecule has 1 heterocycles. The molecule has 37 heavy (non-hydrogen) atoms. The molecule has 196 valence electrons. The summed E-state index contributed by atoms with van der Waals surface area (Å²) in [4.78, 5) is 17.2. The first kappa shape index (κ1) is 27.5. The molecule has 0 N–H and O–H groups in total. The van der Waals surface area contributed by atoms with Gasteiger partial charge < -0.3 is 4.90 Å². The van der Waals surface area contributed by atoms with Crippen LogP contribution in [-0.2, 0) is 16.6 Å². The van der Waals surface area contributed by atoms with E-state index in [0.717, 1.165) is 11.1 Å². The van der Waals surface area contributed by atoms with Gasteiger partial charge in [0.1, 0.15) is 10.7 Å². The highest BCUT2D eigenvalue weighted by atomic mass is 35.5. The van der Waals surface area contributed by atoms with E-state index in [1.165, 1.54) is 28.6 Å². The van der Waals surface area contributed by atoms with Crippen LogP contribution in [0.4, 0.5) is 4.39 Å². The first-order valence-corrected chi connectivity index (χ1v) is 14.1. The van der Waals surface area contributed by atoms with Crippen LogP contribution in [0.1, 0.15) is 21.5 Å². The first-order chi connectivity index (χ1) is 17.6. The van der Waals surface area contributed by atoms with Crippen LogP contribution in [-0.4, -0.2) is 67.7 Å². The zero-order valence-electron chi connectivity index (χ0n) is 20.4. The normalized spacial score (nSPS) is 15.0. The summed E-state index contributed by atoms with van der Waals surface area (Å²) in [5.41, 5.74) is 2.48. The number of rotatable bonds is 8. The quantitative estimate of drug-likeness (QED) is 0.383. The van der Waals surface area contributed by atoms with Crippen molar-refractivity contribution in [2.75, 3.05) is 39.3 Å². The number of amides is 1. The second-order valence-corrected chi connectivity index (χ2v) is 11.8. The lowest BCUT2D eigenvalue weighted by Gasteiger charge is -2.35. The van der Waals surface area contributed by atoms with Gasteiger partial charge in [-0.3, -0.25) is 9.69 Å². The fourth-order valence-electron chi connectivity index (χ4n) is 4.21. The topological polar surface area (TPSA) is 60.9 Å². The summed E-state index contributed by atoms with van der Waals surface area (Å²) >= 11 is 12.1. The van der Waals surface area contributed by atoms with Gasteiger partial charge in [0.05, 0.1) is 5.02 Å².